The summed E-state index contributed by atoms with van der Waals surface area (Å²) in [6.45, 7) is 5.80. The van der Waals surface area contributed by atoms with E-state index in [9.17, 15) is 34.5 Å². The standard InChI is InChI=1S/C67H110O12/c1-4-7-10-13-16-19-22-25-28-29-30-31-34-35-38-41-44-47-50-53-59(68)75-56-58(77-60(69)54-51-48-45-42-39-36-32-26-23-20-17-14-11-8-5-2)57-76-67-65(63(72)62(71)64(79-67)66(73)74)78-61(70)55-52-49-46-43-40-37-33-27-24-21-18-15-12-9-6-3/h7,10,16-21,25-28,30-33,58,62-65,67,71-72H,4-6,8-9,11-15,22-24,29,34-57H2,1-3H3,(H,73,74)/b10-7-,19-16-,20-17-,21-18-,28-25-,31-30-,32-26-,33-27-. The lowest BCUT2D eigenvalue weighted by Gasteiger charge is -2.40. The molecule has 1 aliphatic heterocycles. The van der Waals surface area contributed by atoms with Crippen molar-refractivity contribution in [2.45, 2.75) is 289 Å². The van der Waals surface area contributed by atoms with Gasteiger partial charge in [0.25, 0.3) is 0 Å². The largest absolute Gasteiger partial charge is 0.479 e. The van der Waals surface area contributed by atoms with E-state index in [1.165, 1.54) is 38.5 Å². The van der Waals surface area contributed by atoms with Gasteiger partial charge in [0.15, 0.2) is 24.6 Å². The number of rotatable bonds is 52. The Morgan fingerprint density at radius 2 is 0.797 bits per heavy atom. The van der Waals surface area contributed by atoms with Crippen LogP contribution >= 0.6 is 0 Å². The maximum absolute atomic E-state index is 13.2. The molecular weight excluding hydrogens is 997 g/mol. The highest BCUT2D eigenvalue weighted by Crippen LogP contribution is 2.26. The van der Waals surface area contributed by atoms with E-state index >= 15 is 0 Å². The van der Waals surface area contributed by atoms with E-state index in [0.717, 1.165) is 154 Å². The Bertz CT molecular complexity index is 1740. The molecule has 3 N–H and O–H groups in total. The number of aliphatic hydroxyl groups excluding tert-OH is 2. The molecule has 0 aromatic rings. The number of ether oxygens (including phenoxy) is 5. The predicted molar refractivity (Wildman–Crippen MR) is 321 cm³/mol. The second-order valence-electron chi connectivity index (χ2n) is 20.9. The molecule has 0 aliphatic carbocycles. The van der Waals surface area contributed by atoms with Crippen molar-refractivity contribution in [2.75, 3.05) is 13.2 Å². The summed E-state index contributed by atoms with van der Waals surface area (Å²) in [4.78, 5) is 51.2. The molecule has 6 atom stereocenters. The SMILES string of the molecule is CC/C=C\C/C=C\C/C=C\C/C=C\CCCCCCCCC(=O)OCC(COC1OC(C(=O)O)C(O)C(O)C1OC(=O)CCCCCCC/C=C\C/C=C\CCCCC)OC(=O)CCCCCCC/C=C\C/C=C\CCCCC. The molecule has 1 aliphatic rings. The van der Waals surface area contributed by atoms with Gasteiger partial charge in [0, 0.05) is 19.3 Å². The van der Waals surface area contributed by atoms with Crippen LogP contribution in [0.1, 0.15) is 252 Å². The molecule has 1 rings (SSSR count). The van der Waals surface area contributed by atoms with Crippen LogP contribution < -0.4 is 0 Å². The minimum atomic E-state index is -1.92. The minimum absolute atomic E-state index is 0.0376. The summed E-state index contributed by atoms with van der Waals surface area (Å²) in [6.07, 6.45) is 59.3. The molecule has 79 heavy (non-hydrogen) atoms. The van der Waals surface area contributed by atoms with Crippen LogP contribution in [0.5, 0.6) is 0 Å². The predicted octanol–water partition coefficient (Wildman–Crippen LogP) is 16.5. The van der Waals surface area contributed by atoms with Gasteiger partial charge in [-0.25, -0.2) is 4.79 Å². The van der Waals surface area contributed by atoms with E-state index < -0.39 is 67.3 Å². The maximum Gasteiger partial charge on any atom is 0.335 e. The number of hydrogen-bond acceptors (Lipinski definition) is 11. The number of aliphatic carboxylic acids is 1. The maximum atomic E-state index is 13.2. The van der Waals surface area contributed by atoms with Crippen molar-refractivity contribution in [1.29, 1.82) is 0 Å². The van der Waals surface area contributed by atoms with Gasteiger partial charge in [-0.2, -0.15) is 0 Å². The first kappa shape index (κ1) is 72.7. The van der Waals surface area contributed by atoms with Gasteiger partial charge in [-0.15, -0.1) is 0 Å². The van der Waals surface area contributed by atoms with Crippen molar-refractivity contribution in [2.24, 2.45) is 0 Å². The fraction of sp³-hybridized carbons (Fsp3) is 0.701. The Kier molecular flexibility index (Phi) is 49.9. The summed E-state index contributed by atoms with van der Waals surface area (Å²) in [7, 11) is 0. The molecule has 0 bridgehead atoms. The van der Waals surface area contributed by atoms with Gasteiger partial charge in [0.2, 0.25) is 0 Å². The molecule has 1 heterocycles. The Morgan fingerprint density at radius 1 is 0.430 bits per heavy atom. The van der Waals surface area contributed by atoms with Crippen LogP contribution in [-0.4, -0.2) is 89.2 Å². The van der Waals surface area contributed by atoms with Crippen molar-refractivity contribution in [3.8, 4) is 0 Å². The number of unbranched alkanes of at least 4 members (excludes halogenated alkanes) is 22. The van der Waals surface area contributed by atoms with E-state index in [-0.39, 0.29) is 25.9 Å². The Balaban J connectivity index is 2.70. The first-order valence-corrected chi connectivity index (χ1v) is 31.2. The molecular formula is C67H110O12. The van der Waals surface area contributed by atoms with Crippen LogP contribution in [0, 0.1) is 0 Å². The minimum Gasteiger partial charge on any atom is -0.479 e. The summed E-state index contributed by atoms with van der Waals surface area (Å²) < 4.78 is 28.5. The fourth-order valence-corrected chi connectivity index (χ4v) is 8.83. The van der Waals surface area contributed by atoms with Gasteiger partial charge >= 0.3 is 23.9 Å². The Hall–Kier alpha value is -4.36. The van der Waals surface area contributed by atoms with E-state index in [1.807, 2.05) is 0 Å². The zero-order chi connectivity index (χ0) is 57.5. The molecule has 0 saturated carbocycles. The summed E-state index contributed by atoms with van der Waals surface area (Å²) in [6, 6.07) is 0. The smallest absolute Gasteiger partial charge is 0.335 e. The van der Waals surface area contributed by atoms with Crippen LogP contribution in [0.25, 0.3) is 0 Å². The molecule has 0 radical (unpaired) electrons. The third kappa shape index (κ3) is 44.0. The number of esters is 3. The molecule has 1 fully saturated rings. The van der Waals surface area contributed by atoms with Gasteiger partial charge in [0.1, 0.15) is 18.8 Å². The lowest BCUT2D eigenvalue weighted by Crippen LogP contribution is -2.61. The monoisotopic (exact) mass is 1110 g/mol. The number of carboxylic acids is 1. The van der Waals surface area contributed by atoms with Crippen LogP contribution in [0.4, 0.5) is 0 Å². The van der Waals surface area contributed by atoms with Gasteiger partial charge in [-0.3, -0.25) is 14.4 Å². The van der Waals surface area contributed by atoms with Crippen LogP contribution in [0.2, 0.25) is 0 Å². The summed E-state index contributed by atoms with van der Waals surface area (Å²) >= 11 is 0. The van der Waals surface area contributed by atoms with E-state index in [0.29, 0.717) is 19.3 Å². The van der Waals surface area contributed by atoms with E-state index in [1.54, 1.807) is 0 Å². The summed E-state index contributed by atoms with van der Waals surface area (Å²) in [5.74, 6) is -3.18. The lowest BCUT2D eigenvalue weighted by molar-refractivity contribution is -0.301. The summed E-state index contributed by atoms with van der Waals surface area (Å²) in [5.41, 5.74) is 0. The van der Waals surface area contributed by atoms with Gasteiger partial charge < -0.3 is 39.0 Å². The molecule has 450 valence electrons. The zero-order valence-corrected chi connectivity index (χ0v) is 49.6. The molecule has 1 saturated heterocycles. The molecule has 0 aromatic heterocycles. The van der Waals surface area contributed by atoms with Gasteiger partial charge in [0.05, 0.1) is 6.61 Å². The molecule has 12 heteroatoms. The fourth-order valence-electron chi connectivity index (χ4n) is 8.83. The number of carbonyl (C=O) groups is 4. The second-order valence-corrected chi connectivity index (χ2v) is 20.9. The van der Waals surface area contributed by atoms with Crippen LogP contribution in [0.15, 0.2) is 97.2 Å². The van der Waals surface area contributed by atoms with Crippen molar-refractivity contribution in [1.82, 2.24) is 0 Å². The molecule has 0 aromatic carbocycles. The number of allylic oxidation sites excluding steroid dienone is 16. The number of carbonyl (C=O) groups excluding carboxylic acids is 3. The first-order chi connectivity index (χ1) is 38.6. The van der Waals surface area contributed by atoms with Crippen molar-refractivity contribution < 1.29 is 58.2 Å². The van der Waals surface area contributed by atoms with Gasteiger partial charge in [-0.1, -0.05) is 208 Å². The first-order valence-electron chi connectivity index (χ1n) is 31.2. The average Bonchev–Trinajstić information content (AvgIpc) is 3.46. The molecule has 0 spiro atoms. The highest BCUT2D eigenvalue weighted by atomic mass is 16.7. The quantitative estimate of drug-likeness (QED) is 0.0228. The molecule has 0 amide bonds. The van der Waals surface area contributed by atoms with E-state index in [4.69, 9.17) is 23.7 Å². The molecule has 12 nitrogen and oxygen atoms in total. The average molecular weight is 1110 g/mol. The Labute approximate surface area is 479 Å². The molecule has 6 unspecified atom stereocenters. The summed E-state index contributed by atoms with van der Waals surface area (Å²) in [5, 5.41) is 31.5. The topological polar surface area (TPSA) is 175 Å². The van der Waals surface area contributed by atoms with Crippen molar-refractivity contribution in [3.63, 3.8) is 0 Å². The highest BCUT2D eigenvalue weighted by Gasteiger charge is 2.50. The number of carboxylic acid groups (broad SMARTS) is 1. The van der Waals surface area contributed by atoms with Crippen LogP contribution in [0.3, 0.4) is 0 Å². The third-order valence-electron chi connectivity index (χ3n) is 13.6. The zero-order valence-electron chi connectivity index (χ0n) is 49.6. The van der Waals surface area contributed by atoms with Crippen molar-refractivity contribution >= 4 is 23.9 Å². The van der Waals surface area contributed by atoms with Crippen molar-refractivity contribution in [3.05, 3.63) is 97.2 Å². The highest BCUT2D eigenvalue weighted by molar-refractivity contribution is 5.74. The third-order valence-corrected chi connectivity index (χ3v) is 13.6. The lowest BCUT2D eigenvalue weighted by atomic mass is 9.98. The Morgan fingerprint density at radius 3 is 1.22 bits per heavy atom. The van der Waals surface area contributed by atoms with Crippen LogP contribution in [-0.2, 0) is 42.9 Å². The second kappa shape index (κ2) is 54.2. The normalized spacial score (nSPS) is 18.5. The van der Waals surface area contributed by atoms with E-state index in [2.05, 4.69) is 118 Å². The number of aliphatic hydroxyl groups is 2. The number of hydrogen-bond donors (Lipinski definition) is 3. The van der Waals surface area contributed by atoms with Gasteiger partial charge in [-0.05, 0) is 122 Å².